The van der Waals surface area contributed by atoms with Crippen molar-refractivity contribution in [2.24, 2.45) is 0 Å². The van der Waals surface area contributed by atoms with Crippen molar-refractivity contribution in [1.29, 1.82) is 0 Å². The highest BCUT2D eigenvalue weighted by Crippen LogP contribution is 2.14. The molecule has 0 aliphatic carbocycles. The molecule has 2 aromatic rings. The van der Waals surface area contributed by atoms with E-state index in [0.29, 0.717) is 5.52 Å². The standard InChI is InChI=1S/C10H9FN2O2/c11-3-4-13-6-12-8-5-7(10(14)15)1-2-9(8)13/h1-2,5-6H,3-4H2,(H,14,15). The van der Waals surface area contributed by atoms with Crippen molar-refractivity contribution < 1.29 is 14.3 Å². The average Bonchev–Trinajstić information content (AvgIpc) is 2.61. The van der Waals surface area contributed by atoms with Crippen molar-refractivity contribution in [2.45, 2.75) is 6.54 Å². The van der Waals surface area contributed by atoms with E-state index in [4.69, 9.17) is 5.11 Å². The number of fused-ring (bicyclic) bond motifs is 1. The van der Waals surface area contributed by atoms with Crippen LogP contribution in [0.3, 0.4) is 0 Å². The van der Waals surface area contributed by atoms with E-state index < -0.39 is 12.6 Å². The number of rotatable bonds is 3. The van der Waals surface area contributed by atoms with Crippen LogP contribution in [-0.4, -0.2) is 27.3 Å². The molecule has 4 nitrogen and oxygen atoms in total. The van der Waals surface area contributed by atoms with Crippen molar-refractivity contribution in [3.63, 3.8) is 0 Å². The SMILES string of the molecule is O=C(O)c1ccc2c(c1)ncn2CCF. The minimum atomic E-state index is -0.989. The Morgan fingerprint density at radius 1 is 1.53 bits per heavy atom. The molecule has 1 N–H and O–H groups in total. The van der Waals surface area contributed by atoms with E-state index in [2.05, 4.69) is 4.98 Å². The summed E-state index contributed by atoms with van der Waals surface area (Å²) in [6.45, 7) is -0.227. The maximum Gasteiger partial charge on any atom is 0.335 e. The van der Waals surface area contributed by atoms with Gasteiger partial charge in [0.25, 0.3) is 0 Å². The highest BCUT2D eigenvalue weighted by Gasteiger charge is 2.07. The fourth-order valence-corrected chi connectivity index (χ4v) is 1.47. The van der Waals surface area contributed by atoms with E-state index in [0.717, 1.165) is 5.52 Å². The number of imidazole rings is 1. The summed E-state index contributed by atoms with van der Waals surface area (Å²) in [6.07, 6.45) is 1.51. The summed E-state index contributed by atoms with van der Waals surface area (Å²) in [7, 11) is 0. The molecule has 15 heavy (non-hydrogen) atoms. The van der Waals surface area contributed by atoms with E-state index in [-0.39, 0.29) is 12.1 Å². The molecule has 0 aliphatic heterocycles. The molecule has 0 aliphatic rings. The van der Waals surface area contributed by atoms with Gasteiger partial charge < -0.3 is 9.67 Å². The van der Waals surface area contributed by atoms with Crippen LogP contribution in [0.4, 0.5) is 4.39 Å². The van der Waals surface area contributed by atoms with Crippen LogP contribution in [0, 0.1) is 0 Å². The maximum atomic E-state index is 12.1. The number of alkyl halides is 1. The normalized spacial score (nSPS) is 10.7. The van der Waals surface area contributed by atoms with Crippen molar-refractivity contribution in [1.82, 2.24) is 9.55 Å². The number of carboxylic acid groups (broad SMARTS) is 1. The molecular weight excluding hydrogens is 199 g/mol. The van der Waals surface area contributed by atoms with Crippen molar-refractivity contribution in [2.75, 3.05) is 6.67 Å². The van der Waals surface area contributed by atoms with E-state index in [1.165, 1.54) is 18.5 Å². The Kier molecular flexibility index (Phi) is 2.37. The molecule has 0 bridgehead atoms. The van der Waals surface area contributed by atoms with Gasteiger partial charge in [-0.3, -0.25) is 0 Å². The molecule has 0 fully saturated rings. The molecule has 78 valence electrons. The van der Waals surface area contributed by atoms with Gasteiger partial charge in [-0.25, -0.2) is 14.2 Å². The molecule has 0 amide bonds. The first-order chi connectivity index (χ1) is 7.22. The lowest BCUT2D eigenvalue weighted by molar-refractivity contribution is 0.0697. The Hall–Kier alpha value is -1.91. The van der Waals surface area contributed by atoms with E-state index in [9.17, 15) is 9.18 Å². The minimum Gasteiger partial charge on any atom is -0.478 e. The van der Waals surface area contributed by atoms with E-state index in [1.807, 2.05) is 0 Å². The lowest BCUT2D eigenvalue weighted by Crippen LogP contribution is -1.98. The predicted molar refractivity (Wildman–Crippen MR) is 52.7 cm³/mol. The molecule has 5 heteroatoms. The number of hydrogen-bond donors (Lipinski definition) is 1. The number of benzene rings is 1. The molecule has 0 atom stereocenters. The maximum absolute atomic E-state index is 12.1. The second-order valence-corrected chi connectivity index (χ2v) is 3.14. The zero-order valence-corrected chi connectivity index (χ0v) is 7.85. The smallest absolute Gasteiger partial charge is 0.335 e. The van der Waals surface area contributed by atoms with Gasteiger partial charge in [0, 0.05) is 0 Å². The van der Waals surface area contributed by atoms with Crippen LogP contribution < -0.4 is 0 Å². The van der Waals surface area contributed by atoms with Crippen LogP contribution in [0.5, 0.6) is 0 Å². The Morgan fingerprint density at radius 3 is 3.00 bits per heavy atom. The number of carboxylic acids is 1. The second-order valence-electron chi connectivity index (χ2n) is 3.14. The van der Waals surface area contributed by atoms with Gasteiger partial charge in [-0.1, -0.05) is 0 Å². The number of aromatic carboxylic acids is 1. The summed E-state index contributed by atoms with van der Waals surface area (Å²) >= 11 is 0. The molecule has 2 rings (SSSR count). The second kappa shape index (κ2) is 3.68. The van der Waals surface area contributed by atoms with Crippen LogP contribution in [-0.2, 0) is 6.54 Å². The first-order valence-corrected chi connectivity index (χ1v) is 4.46. The summed E-state index contributed by atoms with van der Waals surface area (Å²) in [5, 5.41) is 8.76. The van der Waals surface area contributed by atoms with E-state index in [1.54, 1.807) is 10.6 Å². The van der Waals surface area contributed by atoms with Gasteiger partial charge in [0.05, 0.1) is 29.5 Å². The summed E-state index contributed by atoms with van der Waals surface area (Å²) in [4.78, 5) is 14.7. The molecule has 0 unspecified atom stereocenters. The molecule has 0 spiro atoms. The number of hydrogen-bond acceptors (Lipinski definition) is 2. The summed E-state index contributed by atoms with van der Waals surface area (Å²) in [5.41, 5.74) is 1.51. The number of aryl methyl sites for hydroxylation is 1. The lowest BCUT2D eigenvalue weighted by atomic mass is 10.2. The third-order valence-corrected chi connectivity index (χ3v) is 2.19. The van der Waals surface area contributed by atoms with Crippen LogP contribution in [0.1, 0.15) is 10.4 Å². The first-order valence-electron chi connectivity index (χ1n) is 4.46. The van der Waals surface area contributed by atoms with Crippen molar-refractivity contribution in [3.05, 3.63) is 30.1 Å². The Morgan fingerprint density at radius 2 is 2.33 bits per heavy atom. The number of carbonyl (C=O) groups is 1. The van der Waals surface area contributed by atoms with Crippen LogP contribution in [0.25, 0.3) is 11.0 Å². The van der Waals surface area contributed by atoms with Gasteiger partial charge in [-0.05, 0) is 18.2 Å². The zero-order chi connectivity index (χ0) is 10.8. The van der Waals surface area contributed by atoms with Crippen molar-refractivity contribution >= 4 is 17.0 Å². The Labute approximate surface area is 85.0 Å². The molecular formula is C10H9FN2O2. The third-order valence-electron chi connectivity index (χ3n) is 2.19. The van der Waals surface area contributed by atoms with Crippen LogP contribution in [0.2, 0.25) is 0 Å². The predicted octanol–water partition coefficient (Wildman–Crippen LogP) is 1.70. The highest BCUT2D eigenvalue weighted by molar-refractivity contribution is 5.92. The molecule has 0 saturated carbocycles. The monoisotopic (exact) mass is 208 g/mol. The zero-order valence-electron chi connectivity index (χ0n) is 7.85. The summed E-state index contributed by atoms with van der Waals surface area (Å²) in [6, 6.07) is 4.61. The minimum absolute atomic E-state index is 0.188. The average molecular weight is 208 g/mol. The summed E-state index contributed by atoms with van der Waals surface area (Å²) < 4.78 is 13.8. The third kappa shape index (κ3) is 1.68. The van der Waals surface area contributed by atoms with E-state index >= 15 is 0 Å². The van der Waals surface area contributed by atoms with Crippen molar-refractivity contribution in [3.8, 4) is 0 Å². The topological polar surface area (TPSA) is 55.1 Å². The Bertz CT molecular complexity index is 507. The van der Waals surface area contributed by atoms with Gasteiger partial charge in [0.1, 0.15) is 6.67 Å². The number of halogens is 1. The molecule has 1 aromatic heterocycles. The summed E-state index contributed by atoms with van der Waals surface area (Å²) in [5.74, 6) is -0.989. The van der Waals surface area contributed by atoms with Crippen LogP contribution in [0.15, 0.2) is 24.5 Å². The van der Waals surface area contributed by atoms with Gasteiger partial charge in [-0.2, -0.15) is 0 Å². The van der Waals surface area contributed by atoms with Gasteiger partial charge >= 0.3 is 5.97 Å². The molecule has 1 aromatic carbocycles. The van der Waals surface area contributed by atoms with Gasteiger partial charge in [0.2, 0.25) is 0 Å². The van der Waals surface area contributed by atoms with Crippen LogP contribution >= 0.6 is 0 Å². The van der Waals surface area contributed by atoms with Gasteiger partial charge in [-0.15, -0.1) is 0 Å². The molecule has 1 heterocycles. The molecule has 0 saturated heterocycles. The number of nitrogens with zero attached hydrogens (tertiary/aromatic N) is 2. The first kappa shape index (κ1) is 9.64. The fraction of sp³-hybridized carbons (Fsp3) is 0.200. The lowest BCUT2D eigenvalue weighted by Gasteiger charge is -1.99. The molecule has 0 radical (unpaired) electrons. The number of aromatic nitrogens is 2. The fourth-order valence-electron chi connectivity index (χ4n) is 1.47. The largest absolute Gasteiger partial charge is 0.478 e. The van der Waals surface area contributed by atoms with Gasteiger partial charge in [0.15, 0.2) is 0 Å². The Balaban J connectivity index is 2.51. The quantitative estimate of drug-likeness (QED) is 0.835. The highest BCUT2D eigenvalue weighted by atomic mass is 19.1.